The Balaban J connectivity index is 1.98. The summed E-state index contributed by atoms with van der Waals surface area (Å²) in [5.41, 5.74) is 1.34. The van der Waals surface area contributed by atoms with Crippen molar-refractivity contribution in [1.82, 2.24) is 10.3 Å². The average molecular weight is 253 g/mol. The van der Waals surface area contributed by atoms with E-state index < -0.39 is 0 Å². The lowest BCUT2D eigenvalue weighted by atomic mass is 10.1. The normalized spacial score (nSPS) is 21.2. The molecule has 0 aromatic carbocycles. The lowest BCUT2D eigenvalue weighted by molar-refractivity contribution is 0.405. The van der Waals surface area contributed by atoms with Crippen molar-refractivity contribution in [2.45, 2.75) is 52.1 Å². The van der Waals surface area contributed by atoms with Gasteiger partial charge in [-0.2, -0.15) is 0 Å². The van der Waals surface area contributed by atoms with Crippen molar-refractivity contribution in [3.8, 4) is 0 Å². The third kappa shape index (κ3) is 3.42. The first-order chi connectivity index (χ1) is 7.96. The fourth-order valence-corrected chi connectivity index (χ4v) is 3.10. The number of aryl methyl sites for hydroxylation is 1. The molecule has 0 radical (unpaired) electrons. The summed E-state index contributed by atoms with van der Waals surface area (Å²) in [6, 6.07) is 0.611. The van der Waals surface area contributed by atoms with Crippen molar-refractivity contribution in [3.63, 3.8) is 0 Å². The fraction of sp³-hybridized carbons (Fsp3) is 0.769. The molecular formula is C13H23N3S. The van der Waals surface area contributed by atoms with Gasteiger partial charge in [-0.3, -0.25) is 0 Å². The molecule has 0 aliphatic carbocycles. The fourth-order valence-electron chi connectivity index (χ4n) is 2.20. The molecule has 1 aliphatic rings. The Bertz CT molecular complexity index is 367. The predicted molar refractivity (Wildman–Crippen MR) is 75.0 cm³/mol. The molecule has 1 aliphatic heterocycles. The molecule has 2 rings (SSSR count). The van der Waals surface area contributed by atoms with E-state index in [2.05, 4.69) is 48.3 Å². The molecule has 1 saturated heterocycles. The third-order valence-electron chi connectivity index (χ3n) is 3.10. The summed E-state index contributed by atoms with van der Waals surface area (Å²) in [4.78, 5) is 7.07. The number of anilines is 1. The smallest absolute Gasteiger partial charge is 0.185 e. The van der Waals surface area contributed by atoms with Gasteiger partial charge >= 0.3 is 0 Å². The molecule has 0 spiro atoms. The third-order valence-corrected chi connectivity index (χ3v) is 4.09. The van der Waals surface area contributed by atoms with Gasteiger partial charge in [0.05, 0.1) is 5.69 Å². The summed E-state index contributed by atoms with van der Waals surface area (Å²) in [5.74, 6) is 0. The van der Waals surface area contributed by atoms with Gasteiger partial charge in [0.2, 0.25) is 0 Å². The molecule has 1 atom stereocenters. The second-order valence-corrected chi connectivity index (χ2v) is 6.73. The van der Waals surface area contributed by atoms with Crippen LogP contribution in [-0.4, -0.2) is 29.7 Å². The quantitative estimate of drug-likeness (QED) is 0.898. The van der Waals surface area contributed by atoms with Gasteiger partial charge in [-0.25, -0.2) is 4.98 Å². The number of nitrogens with zero attached hydrogens (tertiary/aromatic N) is 2. The maximum atomic E-state index is 4.60. The van der Waals surface area contributed by atoms with Crippen LogP contribution in [0.15, 0.2) is 5.38 Å². The monoisotopic (exact) mass is 253 g/mol. The van der Waals surface area contributed by atoms with Crippen LogP contribution in [0, 0.1) is 6.92 Å². The van der Waals surface area contributed by atoms with E-state index in [1.807, 2.05) is 0 Å². The van der Waals surface area contributed by atoms with E-state index >= 15 is 0 Å². The Labute approximate surface area is 108 Å². The summed E-state index contributed by atoms with van der Waals surface area (Å²) in [6.45, 7) is 10.9. The summed E-state index contributed by atoms with van der Waals surface area (Å²) in [7, 11) is 0. The predicted octanol–water partition coefficient (Wildman–Crippen LogP) is 2.81. The van der Waals surface area contributed by atoms with E-state index in [1.165, 1.54) is 18.0 Å². The maximum absolute atomic E-state index is 4.60. The van der Waals surface area contributed by atoms with Gasteiger partial charge in [-0.05, 0) is 40.5 Å². The molecule has 1 aromatic heterocycles. The summed E-state index contributed by atoms with van der Waals surface area (Å²) >= 11 is 1.77. The number of thiazole rings is 1. The largest absolute Gasteiger partial charge is 0.344 e. The highest BCUT2D eigenvalue weighted by Crippen LogP contribution is 2.28. The van der Waals surface area contributed by atoms with Gasteiger partial charge in [-0.15, -0.1) is 11.3 Å². The van der Waals surface area contributed by atoms with Gasteiger partial charge in [0, 0.05) is 30.1 Å². The Morgan fingerprint density at radius 1 is 1.53 bits per heavy atom. The van der Waals surface area contributed by atoms with Crippen LogP contribution in [0.25, 0.3) is 0 Å². The van der Waals surface area contributed by atoms with Crippen LogP contribution in [0.2, 0.25) is 0 Å². The SMILES string of the molecule is Cc1csc(N2CCCC2CNC(C)(C)C)n1. The average Bonchev–Trinajstić information content (AvgIpc) is 2.81. The first-order valence-corrected chi connectivity index (χ1v) is 7.27. The van der Waals surface area contributed by atoms with E-state index in [-0.39, 0.29) is 5.54 Å². The molecule has 0 saturated carbocycles. The van der Waals surface area contributed by atoms with Crippen LogP contribution >= 0.6 is 11.3 Å². The highest BCUT2D eigenvalue weighted by molar-refractivity contribution is 7.13. The highest BCUT2D eigenvalue weighted by atomic mass is 32.1. The van der Waals surface area contributed by atoms with Crippen molar-refractivity contribution in [2.24, 2.45) is 0 Å². The molecule has 0 bridgehead atoms. The number of hydrogen-bond donors (Lipinski definition) is 1. The maximum Gasteiger partial charge on any atom is 0.185 e. The second kappa shape index (κ2) is 4.94. The van der Waals surface area contributed by atoms with Crippen LogP contribution in [0.4, 0.5) is 5.13 Å². The van der Waals surface area contributed by atoms with Crippen LogP contribution in [0.5, 0.6) is 0 Å². The van der Waals surface area contributed by atoms with Gasteiger partial charge < -0.3 is 10.2 Å². The van der Waals surface area contributed by atoms with Crippen molar-refractivity contribution < 1.29 is 0 Å². The van der Waals surface area contributed by atoms with Crippen LogP contribution in [0.1, 0.15) is 39.3 Å². The van der Waals surface area contributed by atoms with E-state index in [0.717, 1.165) is 18.8 Å². The zero-order chi connectivity index (χ0) is 12.5. The summed E-state index contributed by atoms with van der Waals surface area (Å²) in [5, 5.41) is 6.94. The Morgan fingerprint density at radius 3 is 2.88 bits per heavy atom. The number of nitrogens with one attached hydrogen (secondary N) is 1. The molecule has 0 amide bonds. The molecule has 4 heteroatoms. The molecular weight excluding hydrogens is 230 g/mol. The second-order valence-electron chi connectivity index (χ2n) is 5.89. The zero-order valence-electron chi connectivity index (χ0n) is 11.3. The lowest BCUT2D eigenvalue weighted by Gasteiger charge is -2.28. The minimum absolute atomic E-state index is 0.201. The van der Waals surface area contributed by atoms with E-state index in [1.54, 1.807) is 11.3 Å². The molecule has 3 nitrogen and oxygen atoms in total. The summed E-state index contributed by atoms with van der Waals surface area (Å²) in [6.07, 6.45) is 2.57. The van der Waals surface area contributed by atoms with Crippen LogP contribution in [0.3, 0.4) is 0 Å². The van der Waals surface area contributed by atoms with Gasteiger partial charge in [0.25, 0.3) is 0 Å². The van der Waals surface area contributed by atoms with Gasteiger partial charge in [-0.1, -0.05) is 0 Å². The Morgan fingerprint density at radius 2 is 2.29 bits per heavy atom. The summed E-state index contributed by atoms with van der Waals surface area (Å²) < 4.78 is 0. The molecule has 96 valence electrons. The van der Waals surface area contributed by atoms with E-state index in [0.29, 0.717) is 6.04 Å². The zero-order valence-corrected chi connectivity index (χ0v) is 12.1. The standard InChI is InChI=1S/C13H23N3S/c1-10-9-17-12(15-10)16-7-5-6-11(16)8-14-13(2,3)4/h9,11,14H,5-8H2,1-4H3. The van der Waals surface area contributed by atoms with Crippen molar-refractivity contribution in [1.29, 1.82) is 0 Å². The lowest BCUT2D eigenvalue weighted by Crippen LogP contribution is -2.45. The van der Waals surface area contributed by atoms with Crippen molar-refractivity contribution in [2.75, 3.05) is 18.0 Å². The van der Waals surface area contributed by atoms with Crippen molar-refractivity contribution >= 4 is 16.5 Å². The Kier molecular flexibility index (Phi) is 3.73. The molecule has 1 N–H and O–H groups in total. The van der Waals surface area contributed by atoms with Crippen molar-refractivity contribution in [3.05, 3.63) is 11.1 Å². The molecule has 1 unspecified atom stereocenters. The first-order valence-electron chi connectivity index (χ1n) is 6.39. The molecule has 1 aromatic rings. The number of aromatic nitrogens is 1. The van der Waals surface area contributed by atoms with Gasteiger partial charge in [0.1, 0.15) is 0 Å². The van der Waals surface area contributed by atoms with E-state index in [9.17, 15) is 0 Å². The number of rotatable bonds is 3. The van der Waals surface area contributed by atoms with Crippen LogP contribution in [-0.2, 0) is 0 Å². The minimum atomic E-state index is 0.201. The Hall–Kier alpha value is -0.610. The first kappa shape index (κ1) is 12.8. The molecule has 2 heterocycles. The minimum Gasteiger partial charge on any atom is -0.344 e. The molecule has 17 heavy (non-hydrogen) atoms. The van der Waals surface area contributed by atoms with Crippen LogP contribution < -0.4 is 10.2 Å². The van der Waals surface area contributed by atoms with E-state index in [4.69, 9.17) is 0 Å². The highest BCUT2D eigenvalue weighted by Gasteiger charge is 2.27. The number of hydrogen-bond acceptors (Lipinski definition) is 4. The molecule has 1 fully saturated rings. The topological polar surface area (TPSA) is 28.2 Å². The van der Waals surface area contributed by atoms with Gasteiger partial charge in [0.15, 0.2) is 5.13 Å².